The topological polar surface area (TPSA) is 78.9 Å². The van der Waals surface area contributed by atoms with E-state index in [4.69, 9.17) is 14.2 Å². The van der Waals surface area contributed by atoms with Crippen LogP contribution < -0.4 is 0 Å². The van der Waals surface area contributed by atoms with Crippen molar-refractivity contribution in [3.63, 3.8) is 0 Å². The van der Waals surface area contributed by atoms with Gasteiger partial charge >= 0.3 is 17.9 Å². The van der Waals surface area contributed by atoms with Crippen molar-refractivity contribution in [2.75, 3.05) is 13.2 Å². The maximum absolute atomic E-state index is 12.8. The fourth-order valence-electron chi connectivity index (χ4n) is 8.42. The number of esters is 3. The third-order valence-corrected chi connectivity index (χ3v) is 12.7. The molecule has 6 heteroatoms. The Kier molecular flexibility index (Phi) is 51.7. The molecule has 0 aromatic rings. The number of unbranched alkanes of at least 4 members (excludes halogenated alkanes) is 37. The van der Waals surface area contributed by atoms with Crippen molar-refractivity contribution in [2.45, 2.75) is 316 Å². The van der Waals surface area contributed by atoms with Crippen LogP contribution in [0.25, 0.3) is 0 Å². The second kappa shape index (κ2) is 53.5. The van der Waals surface area contributed by atoms with Crippen LogP contribution in [0.15, 0.2) is 24.3 Å². The normalized spacial score (nSPS) is 12.1. The zero-order valence-electron chi connectivity index (χ0n) is 43.1. The summed E-state index contributed by atoms with van der Waals surface area (Å²) in [4.78, 5) is 38.1. The van der Waals surface area contributed by atoms with E-state index in [1.807, 2.05) is 0 Å². The predicted molar refractivity (Wildman–Crippen MR) is 275 cm³/mol. The number of ether oxygens (including phenoxy) is 3. The molecule has 0 N–H and O–H groups in total. The molecule has 0 saturated heterocycles. The summed E-state index contributed by atoms with van der Waals surface area (Å²) < 4.78 is 16.9. The molecule has 0 aliphatic heterocycles. The van der Waals surface area contributed by atoms with Crippen molar-refractivity contribution in [2.24, 2.45) is 0 Å². The molecule has 0 aliphatic carbocycles. The molecule has 0 aliphatic rings. The Bertz CT molecular complexity index is 1040. The monoisotopic (exact) mass is 901 g/mol. The Hall–Kier alpha value is -2.11. The molecular weight excluding hydrogens is 793 g/mol. The van der Waals surface area contributed by atoms with Crippen LogP contribution in [0.4, 0.5) is 0 Å². The number of allylic oxidation sites excluding steroid dienone is 4. The van der Waals surface area contributed by atoms with Gasteiger partial charge in [-0.2, -0.15) is 0 Å². The van der Waals surface area contributed by atoms with Gasteiger partial charge in [-0.05, 0) is 51.4 Å². The van der Waals surface area contributed by atoms with Crippen LogP contribution in [-0.4, -0.2) is 37.2 Å². The molecule has 1 atom stereocenters. The molecule has 0 spiro atoms. The lowest BCUT2D eigenvalue weighted by Crippen LogP contribution is -2.30. The maximum atomic E-state index is 12.8. The van der Waals surface area contributed by atoms with Crippen LogP contribution in [0.2, 0.25) is 0 Å². The Balaban J connectivity index is 4.32. The average molecular weight is 901 g/mol. The van der Waals surface area contributed by atoms with E-state index < -0.39 is 6.10 Å². The number of rotatable bonds is 52. The van der Waals surface area contributed by atoms with E-state index in [0.29, 0.717) is 19.3 Å². The summed E-state index contributed by atoms with van der Waals surface area (Å²) in [7, 11) is 0. The minimum atomic E-state index is -0.768. The molecule has 0 heterocycles. The molecule has 64 heavy (non-hydrogen) atoms. The van der Waals surface area contributed by atoms with E-state index in [2.05, 4.69) is 45.1 Å². The molecule has 0 bridgehead atoms. The van der Waals surface area contributed by atoms with E-state index in [1.54, 1.807) is 0 Å². The van der Waals surface area contributed by atoms with Gasteiger partial charge in [0, 0.05) is 19.3 Å². The van der Waals surface area contributed by atoms with Gasteiger partial charge in [0.1, 0.15) is 13.2 Å². The van der Waals surface area contributed by atoms with Crippen LogP contribution in [0.5, 0.6) is 0 Å². The van der Waals surface area contributed by atoms with Gasteiger partial charge in [-0.25, -0.2) is 0 Å². The minimum absolute atomic E-state index is 0.0684. The molecule has 0 fully saturated rings. The molecule has 0 radical (unpaired) electrons. The van der Waals surface area contributed by atoms with Crippen LogP contribution in [0.3, 0.4) is 0 Å². The Morgan fingerprint density at radius 3 is 0.875 bits per heavy atom. The van der Waals surface area contributed by atoms with Crippen molar-refractivity contribution in [3.05, 3.63) is 24.3 Å². The highest BCUT2D eigenvalue weighted by molar-refractivity contribution is 5.71. The Morgan fingerprint density at radius 1 is 0.312 bits per heavy atom. The van der Waals surface area contributed by atoms with Gasteiger partial charge in [0.25, 0.3) is 0 Å². The van der Waals surface area contributed by atoms with Crippen LogP contribution >= 0.6 is 0 Å². The van der Waals surface area contributed by atoms with Gasteiger partial charge in [0.2, 0.25) is 0 Å². The van der Waals surface area contributed by atoms with Gasteiger partial charge in [-0.1, -0.05) is 263 Å². The third-order valence-electron chi connectivity index (χ3n) is 12.7. The lowest BCUT2D eigenvalue weighted by atomic mass is 10.0. The fourth-order valence-corrected chi connectivity index (χ4v) is 8.42. The van der Waals surface area contributed by atoms with E-state index >= 15 is 0 Å². The summed E-state index contributed by atoms with van der Waals surface area (Å²) in [6, 6.07) is 0. The van der Waals surface area contributed by atoms with Gasteiger partial charge in [-0.15, -0.1) is 0 Å². The quantitative estimate of drug-likeness (QED) is 0.0262. The maximum Gasteiger partial charge on any atom is 0.306 e. The smallest absolute Gasteiger partial charge is 0.306 e. The first kappa shape index (κ1) is 61.9. The first-order valence-corrected chi connectivity index (χ1v) is 28.3. The molecule has 0 aromatic carbocycles. The van der Waals surface area contributed by atoms with Crippen molar-refractivity contribution in [3.8, 4) is 0 Å². The predicted octanol–water partition coefficient (Wildman–Crippen LogP) is 18.7. The third kappa shape index (κ3) is 50.9. The van der Waals surface area contributed by atoms with E-state index in [1.165, 1.54) is 199 Å². The Morgan fingerprint density at radius 2 is 0.562 bits per heavy atom. The first-order chi connectivity index (χ1) is 31.5. The SMILES string of the molecule is CCCCCC/C=C\C/C=C\CCCCCCCCCC(=O)OCC(COC(=O)CCCCCCCCCCCCCC)OC(=O)CCCCCCCCCCCCCCCCCC. The van der Waals surface area contributed by atoms with Crippen LogP contribution in [-0.2, 0) is 28.6 Å². The zero-order valence-corrected chi connectivity index (χ0v) is 43.1. The minimum Gasteiger partial charge on any atom is -0.462 e. The second-order valence-corrected chi connectivity index (χ2v) is 19.2. The Labute approximate surface area is 398 Å². The number of hydrogen-bond donors (Lipinski definition) is 0. The number of carbonyl (C=O) groups excluding carboxylic acids is 3. The number of carbonyl (C=O) groups is 3. The molecule has 1 unspecified atom stereocenters. The molecule has 0 rings (SSSR count). The molecular formula is C58H108O6. The van der Waals surface area contributed by atoms with Crippen LogP contribution in [0.1, 0.15) is 310 Å². The first-order valence-electron chi connectivity index (χ1n) is 28.3. The molecule has 6 nitrogen and oxygen atoms in total. The van der Waals surface area contributed by atoms with E-state index in [-0.39, 0.29) is 31.1 Å². The zero-order chi connectivity index (χ0) is 46.5. The van der Waals surface area contributed by atoms with Gasteiger partial charge < -0.3 is 14.2 Å². The molecule has 376 valence electrons. The largest absolute Gasteiger partial charge is 0.462 e. The summed E-state index contributed by atoms with van der Waals surface area (Å²) in [5.41, 5.74) is 0. The highest BCUT2D eigenvalue weighted by Gasteiger charge is 2.19. The summed E-state index contributed by atoms with van der Waals surface area (Å²) in [6.45, 7) is 6.66. The van der Waals surface area contributed by atoms with Crippen molar-refractivity contribution >= 4 is 17.9 Å². The van der Waals surface area contributed by atoms with Crippen molar-refractivity contribution < 1.29 is 28.6 Å². The summed E-state index contributed by atoms with van der Waals surface area (Å²) in [6.07, 6.45) is 61.6. The second-order valence-electron chi connectivity index (χ2n) is 19.2. The van der Waals surface area contributed by atoms with E-state index in [0.717, 1.165) is 70.6 Å². The molecule has 0 saturated carbocycles. The highest BCUT2D eigenvalue weighted by atomic mass is 16.6. The fraction of sp³-hybridized carbons (Fsp3) is 0.879. The standard InChI is InChI=1S/C58H108O6/c1-4-7-10-13-16-19-22-25-27-29-30-32-33-36-39-42-45-48-51-57(60)63-54-55(53-62-56(59)50-47-44-41-38-35-24-21-18-15-12-9-6-3)64-58(61)52-49-46-43-40-37-34-31-28-26-23-20-17-14-11-8-5-2/h19,22,27,29,55H,4-18,20-21,23-26,28,30-54H2,1-3H3/b22-19-,29-27-. The molecule has 0 amide bonds. The molecule has 0 aromatic heterocycles. The lowest BCUT2D eigenvalue weighted by Gasteiger charge is -2.18. The summed E-state index contributed by atoms with van der Waals surface area (Å²) >= 11 is 0. The lowest BCUT2D eigenvalue weighted by molar-refractivity contribution is -0.167. The summed E-state index contributed by atoms with van der Waals surface area (Å²) in [5, 5.41) is 0. The van der Waals surface area contributed by atoms with Crippen molar-refractivity contribution in [1.29, 1.82) is 0 Å². The van der Waals surface area contributed by atoms with Gasteiger partial charge in [0.15, 0.2) is 6.10 Å². The summed E-state index contributed by atoms with van der Waals surface area (Å²) in [5.74, 6) is -0.857. The van der Waals surface area contributed by atoms with Gasteiger partial charge in [-0.3, -0.25) is 14.4 Å². The average Bonchev–Trinajstić information content (AvgIpc) is 3.29. The van der Waals surface area contributed by atoms with Gasteiger partial charge in [0.05, 0.1) is 0 Å². The van der Waals surface area contributed by atoms with Crippen LogP contribution in [0, 0.1) is 0 Å². The van der Waals surface area contributed by atoms with Crippen molar-refractivity contribution in [1.82, 2.24) is 0 Å². The number of hydrogen-bond acceptors (Lipinski definition) is 6. The highest BCUT2D eigenvalue weighted by Crippen LogP contribution is 2.17. The van der Waals surface area contributed by atoms with E-state index in [9.17, 15) is 14.4 Å².